The highest BCUT2D eigenvalue weighted by atomic mass is 32.1. The Bertz CT molecular complexity index is 445. The van der Waals surface area contributed by atoms with Gasteiger partial charge in [-0.1, -0.05) is 0 Å². The molecule has 0 amide bonds. The van der Waals surface area contributed by atoms with Crippen molar-refractivity contribution in [1.82, 2.24) is 9.97 Å². The van der Waals surface area contributed by atoms with Gasteiger partial charge in [0.05, 0.1) is 30.5 Å². The lowest BCUT2D eigenvalue weighted by atomic mass is 10.4. The summed E-state index contributed by atoms with van der Waals surface area (Å²) in [5, 5.41) is 3.27. The second-order valence-corrected chi connectivity index (χ2v) is 4.52. The Morgan fingerprint density at radius 3 is 2.89 bits per heavy atom. The summed E-state index contributed by atoms with van der Waals surface area (Å²) in [6.07, 6.45) is 3.61. The summed E-state index contributed by atoms with van der Waals surface area (Å²) in [6, 6.07) is 3.78. The number of rotatable bonds is 7. The van der Waals surface area contributed by atoms with Crippen molar-refractivity contribution in [3.63, 3.8) is 0 Å². The molecule has 6 heteroatoms. The zero-order valence-electron chi connectivity index (χ0n) is 10.1. The molecular weight excluding hydrogens is 250 g/mol. The van der Waals surface area contributed by atoms with Gasteiger partial charge in [-0.05, 0) is 6.07 Å². The summed E-state index contributed by atoms with van der Waals surface area (Å²) in [4.78, 5) is 9.41. The lowest BCUT2D eigenvalue weighted by Gasteiger charge is -2.06. The van der Waals surface area contributed by atoms with Gasteiger partial charge < -0.3 is 14.8 Å². The lowest BCUT2D eigenvalue weighted by Crippen LogP contribution is -2.05. The molecule has 0 saturated heterocycles. The van der Waals surface area contributed by atoms with Crippen molar-refractivity contribution >= 4 is 17.0 Å². The van der Waals surface area contributed by atoms with Crippen LogP contribution in [0.2, 0.25) is 0 Å². The average Bonchev–Trinajstić information content (AvgIpc) is 2.91. The molecule has 2 rings (SSSR count). The summed E-state index contributed by atoms with van der Waals surface area (Å²) >= 11 is 1.63. The number of nitrogens with one attached hydrogen (secondary N) is 1. The first kappa shape index (κ1) is 12.8. The van der Waals surface area contributed by atoms with Crippen LogP contribution in [-0.2, 0) is 11.3 Å². The Labute approximate surface area is 110 Å². The van der Waals surface area contributed by atoms with Crippen molar-refractivity contribution in [2.24, 2.45) is 0 Å². The summed E-state index contributed by atoms with van der Waals surface area (Å²) in [5.74, 6) is 0.607. The van der Waals surface area contributed by atoms with Crippen LogP contribution in [0, 0.1) is 0 Å². The van der Waals surface area contributed by atoms with E-state index >= 15 is 0 Å². The maximum atomic E-state index is 5.38. The van der Waals surface area contributed by atoms with E-state index in [2.05, 4.69) is 15.3 Å². The molecule has 0 atom stereocenters. The predicted octanol–water partition coefficient (Wildman–Crippen LogP) is 2.18. The number of ether oxygens (including phenoxy) is 2. The van der Waals surface area contributed by atoms with E-state index in [1.54, 1.807) is 24.6 Å². The zero-order chi connectivity index (χ0) is 12.6. The molecule has 2 aromatic heterocycles. The standard InChI is InChI=1S/C12H15N3O2S/c1-16-4-5-17-12-3-2-10(6-15-12)14-8-11-7-13-9-18-11/h2-3,6-7,9,14H,4-5,8H2,1H3. The fourth-order valence-electron chi connectivity index (χ4n) is 1.32. The minimum absolute atomic E-state index is 0.511. The van der Waals surface area contributed by atoms with Gasteiger partial charge in [-0.3, -0.25) is 4.98 Å². The molecule has 0 aliphatic heterocycles. The Hall–Kier alpha value is -1.66. The largest absolute Gasteiger partial charge is 0.475 e. The number of methoxy groups -OCH3 is 1. The monoisotopic (exact) mass is 265 g/mol. The first-order valence-corrected chi connectivity index (χ1v) is 6.45. The molecule has 96 valence electrons. The van der Waals surface area contributed by atoms with E-state index in [4.69, 9.17) is 9.47 Å². The average molecular weight is 265 g/mol. The van der Waals surface area contributed by atoms with Crippen LogP contribution in [0.4, 0.5) is 5.69 Å². The first-order chi connectivity index (χ1) is 8.88. The van der Waals surface area contributed by atoms with Gasteiger partial charge in [-0.2, -0.15) is 0 Å². The number of aromatic nitrogens is 2. The highest BCUT2D eigenvalue weighted by Gasteiger charge is 1.98. The number of hydrogen-bond donors (Lipinski definition) is 1. The first-order valence-electron chi connectivity index (χ1n) is 5.57. The third-order valence-corrected chi connectivity index (χ3v) is 3.00. The molecule has 5 nitrogen and oxygen atoms in total. The molecule has 0 unspecified atom stereocenters. The summed E-state index contributed by atoms with van der Waals surface area (Å²) in [6.45, 7) is 1.83. The van der Waals surface area contributed by atoms with Crippen molar-refractivity contribution in [2.45, 2.75) is 6.54 Å². The number of hydrogen-bond acceptors (Lipinski definition) is 6. The molecule has 1 N–H and O–H groups in total. The quantitative estimate of drug-likeness (QED) is 0.778. The Balaban J connectivity index is 1.80. The van der Waals surface area contributed by atoms with Gasteiger partial charge in [0.25, 0.3) is 0 Å². The molecule has 0 saturated carbocycles. The van der Waals surface area contributed by atoms with Crippen LogP contribution in [0.5, 0.6) is 5.88 Å². The van der Waals surface area contributed by atoms with Gasteiger partial charge in [0, 0.05) is 24.3 Å². The lowest BCUT2D eigenvalue weighted by molar-refractivity contribution is 0.144. The number of thiazole rings is 1. The minimum Gasteiger partial charge on any atom is -0.475 e. The van der Waals surface area contributed by atoms with Crippen LogP contribution in [0.25, 0.3) is 0 Å². The molecule has 0 aliphatic carbocycles. The molecule has 0 aliphatic rings. The molecule has 0 aromatic carbocycles. The molecule has 0 bridgehead atoms. The molecule has 0 radical (unpaired) electrons. The molecule has 18 heavy (non-hydrogen) atoms. The summed E-state index contributed by atoms with van der Waals surface area (Å²) < 4.78 is 10.3. The van der Waals surface area contributed by atoms with Crippen LogP contribution >= 0.6 is 11.3 Å². The smallest absolute Gasteiger partial charge is 0.213 e. The van der Waals surface area contributed by atoms with E-state index in [9.17, 15) is 0 Å². The molecular formula is C12H15N3O2S. The van der Waals surface area contributed by atoms with Crippen LogP contribution in [-0.4, -0.2) is 30.3 Å². The van der Waals surface area contributed by atoms with E-state index in [0.29, 0.717) is 19.1 Å². The zero-order valence-corrected chi connectivity index (χ0v) is 10.9. The highest BCUT2D eigenvalue weighted by Crippen LogP contribution is 2.13. The van der Waals surface area contributed by atoms with Crippen molar-refractivity contribution in [3.8, 4) is 5.88 Å². The molecule has 2 heterocycles. The van der Waals surface area contributed by atoms with E-state index in [-0.39, 0.29) is 0 Å². The van der Waals surface area contributed by atoms with Gasteiger partial charge in [0.15, 0.2) is 0 Å². The topological polar surface area (TPSA) is 56.3 Å². The van der Waals surface area contributed by atoms with E-state index in [1.165, 1.54) is 4.88 Å². The van der Waals surface area contributed by atoms with Gasteiger partial charge in [-0.25, -0.2) is 4.98 Å². The van der Waals surface area contributed by atoms with Crippen LogP contribution in [0.1, 0.15) is 4.88 Å². The maximum Gasteiger partial charge on any atom is 0.213 e. The SMILES string of the molecule is COCCOc1ccc(NCc2cncs2)cn1. The Morgan fingerprint density at radius 1 is 1.28 bits per heavy atom. The van der Waals surface area contributed by atoms with Crippen molar-refractivity contribution in [1.29, 1.82) is 0 Å². The Kier molecular flexibility index (Phi) is 4.92. The summed E-state index contributed by atoms with van der Waals surface area (Å²) in [5.41, 5.74) is 2.78. The predicted molar refractivity (Wildman–Crippen MR) is 71.0 cm³/mol. The van der Waals surface area contributed by atoms with Gasteiger partial charge in [-0.15, -0.1) is 11.3 Å². The van der Waals surface area contributed by atoms with Crippen LogP contribution in [0.3, 0.4) is 0 Å². The second kappa shape index (κ2) is 6.93. The summed E-state index contributed by atoms with van der Waals surface area (Å²) in [7, 11) is 1.64. The second-order valence-electron chi connectivity index (χ2n) is 3.55. The maximum absolute atomic E-state index is 5.38. The van der Waals surface area contributed by atoms with Crippen LogP contribution < -0.4 is 10.1 Å². The van der Waals surface area contributed by atoms with Crippen molar-refractivity contribution in [3.05, 3.63) is 34.9 Å². The number of nitrogens with zero attached hydrogens (tertiary/aromatic N) is 2. The highest BCUT2D eigenvalue weighted by molar-refractivity contribution is 7.09. The third-order valence-electron chi connectivity index (χ3n) is 2.22. The Morgan fingerprint density at radius 2 is 2.22 bits per heavy atom. The third kappa shape index (κ3) is 3.97. The van der Waals surface area contributed by atoms with Crippen molar-refractivity contribution < 1.29 is 9.47 Å². The van der Waals surface area contributed by atoms with Crippen molar-refractivity contribution in [2.75, 3.05) is 25.6 Å². The molecule has 2 aromatic rings. The van der Waals surface area contributed by atoms with Gasteiger partial charge in [0.1, 0.15) is 6.61 Å². The normalized spacial score (nSPS) is 10.3. The fourth-order valence-corrected chi connectivity index (χ4v) is 1.85. The number of anilines is 1. The number of pyridine rings is 1. The fraction of sp³-hybridized carbons (Fsp3) is 0.333. The van der Waals surface area contributed by atoms with Gasteiger partial charge in [0.2, 0.25) is 5.88 Å². The van der Waals surface area contributed by atoms with E-state index < -0.39 is 0 Å². The molecule has 0 spiro atoms. The van der Waals surface area contributed by atoms with Crippen LogP contribution in [0.15, 0.2) is 30.0 Å². The molecule has 0 fully saturated rings. The minimum atomic E-state index is 0.511. The van der Waals surface area contributed by atoms with E-state index in [0.717, 1.165) is 12.2 Å². The van der Waals surface area contributed by atoms with Gasteiger partial charge >= 0.3 is 0 Å². The van der Waals surface area contributed by atoms with E-state index in [1.807, 2.05) is 23.8 Å².